The van der Waals surface area contributed by atoms with Crippen molar-refractivity contribution in [3.05, 3.63) is 59.7 Å². The first kappa shape index (κ1) is 22.4. The van der Waals surface area contributed by atoms with E-state index in [0.717, 1.165) is 57.0 Å². The van der Waals surface area contributed by atoms with Crippen LogP contribution in [-0.2, 0) is 12.5 Å². The molecule has 1 aromatic heterocycles. The Kier molecular flexibility index (Phi) is 6.53. The van der Waals surface area contributed by atoms with E-state index in [0.29, 0.717) is 0 Å². The molecule has 0 saturated carbocycles. The average molecular weight is 430 g/mol. The number of anilines is 1. The third-order valence-electron chi connectivity index (χ3n) is 7.27. The van der Waals surface area contributed by atoms with Crippen molar-refractivity contribution in [2.75, 3.05) is 37.6 Å². The predicted octanol–water partition coefficient (Wildman–Crippen LogP) is 4.90. The van der Waals surface area contributed by atoms with Gasteiger partial charge in [0.15, 0.2) is 0 Å². The number of nitrogens with zero attached hydrogens (tertiary/aromatic N) is 5. The Morgan fingerprint density at radius 2 is 1.72 bits per heavy atom. The third kappa shape index (κ3) is 4.12. The van der Waals surface area contributed by atoms with Crippen LogP contribution in [0.25, 0.3) is 11.0 Å². The van der Waals surface area contributed by atoms with E-state index in [1.54, 1.807) is 0 Å². The highest BCUT2D eigenvalue weighted by Crippen LogP contribution is 2.38. The van der Waals surface area contributed by atoms with E-state index in [1.165, 1.54) is 16.6 Å². The zero-order valence-corrected chi connectivity index (χ0v) is 19.9. The van der Waals surface area contributed by atoms with Crippen LogP contribution in [0.3, 0.4) is 0 Å². The van der Waals surface area contributed by atoms with E-state index in [4.69, 9.17) is 4.98 Å². The van der Waals surface area contributed by atoms with Crippen LogP contribution in [0.15, 0.2) is 48.5 Å². The number of aryl methyl sites for hydroxylation is 2. The van der Waals surface area contributed by atoms with Gasteiger partial charge in [0.2, 0.25) is 5.95 Å². The Hall–Kier alpha value is -2.84. The Bertz CT molecular complexity index is 1100. The molecule has 3 aromatic rings. The quantitative estimate of drug-likeness (QED) is 0.536. The summed E-state index contributed by atoms with van der Waals surface area (Å²) in [5, 5.41) is 10.2. The molecule has 0 N–H and O–H groups in total. The molecule has 5 nitrogen and oxygen atoms in total. The second-order valence-corrected chi connectivity index (χ2v) is 9.44. The molecule has 0 amide bonds. The van der Waals surface area contributed by atoms with Crippen LogP contribution in [0.1, 0.15) is 37.8 Å². The van der Waals surface area contributed by atoms with Crippen LogP contribution in [0.2, 0.25) is 0 Å². The highest BCUT2D eigenvalue weighted by molar-refractivity contribution is 5.78. The second kappa shape index (κ2) is 9.34. The number of aromatic nitrogens is 2. The van der Waals surface area contributed by atoms with E-state index < -0.39 is 5.41 Å². The van der Waals surface area contributed by atoms with Crippen LogP contribution >= 0.6 is 0 Å². The van der Waals surface area contributed by atoms with Crippen LogP contribution in [-0.4, -0.2) is 47.2 Å². The molecule has 2 heterocycles. The SMILES string of the molecule is Cc1ccccc1C(C#N)(CCCN1CCN(c2nc3ccccc3n2C)CC1)C(C)C. The largest absolute Gasteiger partial charge is 0.340 e. The topological polar surface area (TPSA) is 48.1 Å². The smallest absolute Gasteiger partial charge is 0.206 e. The van der Waals surface area contributed by atoms with E-state index in [9.17, 15) is 5.26 Å². The molecule has 0 aliphatic carbocycles. The highest BCUT2D eigenvalue weighted by Gasteiger charge is 2.36. The fraction of sp³-hybridized carbons (Fsp3) is 0.481. The van der Waals surface area contributed by atoms with Crippen molar-refractivity contribution in [3.63, 3.8) is 0 Å². The summed E-state index contributed by atoms with van der Waals surface area (Å²) in [5.41, 5.74) is 4.25. The van der Waals surface area contributed by atoms with Crippen molar-refractivity contribution in [1.29, 1.82) is 5.26 Å². The number of hydrogen-bond donors (Lipinski definition) is 0. The molecule has 1 saturated heterocycles. The fourth-order valence-corrected chi connectivity index (χ4v) is 5.22. The fourth-order valence-electron chi connectivity index (χ4n) is 5.22. The van der Waals surface area contributed by atoms with Crippen molar-refractivity contribution < 1.29 is 0 Å². The lowest BCUT2D eigenvalue weighted by Gasteiger charge is -2.37. The molecule has 1 aliphatic heterocycles. The van der Waals surface area contributed by atoms with Crippen LogP contribution < -0.4 is 4.90 Å². The van der Waals surface area contributed by atoms with E-state index in [1.807, 2.05) is 6.07 Å². The first-order valence-electron chi connectivity index (χ1n) is 11.8. The van der Waals surface area contributed by atoms with Crippen molar-refractivity contribution in [1.82, 2.24) is 14.5 Å². The number of hydrogen-bond acceptors (Lipinski definition) is 4. The highest BCUT2D eigenvalue weighted by atomic mass is 15.3. The van der Waals surface area contributed by atoms with Crippen molar-refractivity contribution in [3.8, 4) is 6.07 Å². The minimum Gasteiger partial charge on any atom is -0.340 e. The first-order valence-corrected chi connectivity index (χ1v) is 11.8. The minimum absolute atomic E-state index is 0.281. The second-order valence-electron chi connectivity index (χ2n) is 9.44. The number of piperazine rings is 1. The minimum atomic E-state index is -0.416. The summed E-state index contributed by atoms with van der Waals surface area (Å²) in [5.74, 6) is 1.34. The zero-order valence-electron chi connectivity index (χ0n) is 19.9. The standard InChI is InChI=1S/C27H35N5/c1-21(2)27(20-28,23-11-6-5-10-22(23)3)14-9-15-31-16-18-32(19-17-31)26-29-24-12-7-8-13-25(24)30(26)4/h5-8,10-13,21H,9,14-19H2,1-4H3. The summed E-state index contributed by atoms with van der Waals surface area (Å²) >= 11 is 0. The van der Waals surface area contributed by atoms with Gasteiger partial charge in [0.05, 0.1) is 22.5 Å². The molecule has 1 atom stereocenters. The Labute approximate surface area is 192 Å². The Balaban J connectivity index is 1.37. The molecule has 1 fully saturated rings. The normalized spacial score (nSPS) is 16.9. The number of imidazole rings is 1. The monoisotopic (exact) mass is 429 g/mol. The molecule has 1 aliphatic rings. The van der Waals surface area contributed by atoms with Gasteiger partial charge in [-0.05, 0) is 55.5 Å². The Morgan fingerprint density at radius 3 is 2.38 bits per heavy atom. The van der Waals surface area contributed by atoms with Gasteiger partial charge in [0.1, 0.15) is 0 Å². The van der Waals surface area contributed by atoms with Crippen molar-refractivity contribution in [2.24, 2.45) is 13.0 Å². The van der Waals surface area contributed by atoms with Gasteiger partial charge in [-0.3, -0.25) is 4.90 Å². The number of benzene rings is 2. The zero-order chi connectivity index (χ0) is 22.7. The summed E-state index contributed by atoms with van der Waals surface area (Å²) in [7, 11) is 2.11. The van der Waals surface area contributed by atoms with Crippen molar-refractivity contribution in [2.45, 2.75) is 39.0 Å². The summed E-state index contributed by atoms with van der Waals surface area (Å²) in [6.45, 7) is 11.6. The average Bonchev–Trinajstić information content (AvgIpc) is 3.14. The van der Waals surface area contributed by atoms with Gasteiger partial charge in [-0.1, -0.05) is 50.2 Å². The number of para-hydroxylation sites is 2. The molecule has 168 valence electrons. The van der Waals surface area contributed by atoms with Gasteiger partial charge in [-0.15, -0.1) is 0 Å². The lowest BCUT2D eigenvalue weighted by atomic mass is 9.68. The summed E-state index contributed by atoms with van der Waals surface area (Å²) in [4.78, 5) is 9.80. The molecule has 0 radical (unpaired) electrons. The van der Waals surface area contributed by atoms with Crippen LogP contribution in [0, 0.1) is 24.2 Å². The molecule has 0 bridgehead atoms. The molecule has 0 spiro atoms. The molecular formula is C27H35N5. The number of rotatable bonds is 7. The molecule has 2 aromatic carbocycles. The third-order valence-corrected chi connectivity index (χ3v) is 7.27. The van der Waals surface area contributed by atoms with Gasteiger partial charge in [0, 0.05) is 33.2 Å². The predicted molar refractivity (Wildman–Crippen MR) is 132 cm³/mol. The molecule has 4 rings (SSSR count). The van der Waals surface area contributed by atoms with Crippen molar-refractivity contribution >= 4 is 17.0 Å². The van der Waals surface area contributed by atoms with E-state index >= 15 is 0 Å². The van der Waals surface area contributed by atoms with Gasteiger partial charge < -0.3 is 9.47 Å². The maximum Gasteiger partial charge on any atom is 0.206 e. The maximum absolute atomic E-state index is 10.2. The summed E-state index contributed by atoms with van der Waals surface area (Å²) in [6.07, 6.45) is 1.93. The van der Waals surface area contributed by atoms with Gasteiger partial charge in [0.25, 0.3) is 0 Å². The Morgan fingerprint density at radius 1 is 1.03 bits per heavy atom. The summed E-state index contributed by atoms with van der Waals surface area (Å²) in [6, 6.07) is 19.5. The summed E-state index contributed by atoms with van der Waals surface area (Å²) < 4.78 is 2.21. The van der Waals surface area contributed by atoms with Crippen LogP contribution in [0.4, 0.5) is 5.95 Å². The maximum atomic E-state index is 10.2. The molecular weight excluding hydrogens is 394 g/mol. The molecule has 32 heavy (non-hydrogen) atoms. The van der Waals surface area contributed by atoms with Gasteiger partial charge in [-0.25, -0.2) is 4.98 Å². The lowest BCUT2D eigenvalue weighted by Crippen LogP contribution is -2.47. The van der Waals surface area contributed by atoms with Gasteiger partial charge in [-0.2, -0.15) is 5.26 Å². The lowest BCUT2D eigenvalue weighted by molar-refractivity contribution is 0.238. The molecule has 1 unspecified atom stereocenters. The van der Waals surface area contributed by atoms with E-state index in [-0.39, 0.29) is 5.92 Å². The van der Waals surface area contributed by atoms with E-state index in [2.05, 4.69) is 90.7 Å². The van der Waals surface area contributed by atoms with Crippen LogP contribution in [0.5, 0.6) is 0 Å². The number of nitriles is 1. The number of fused-ring (bicyclic) bond motifs is 1. The van der Waals surface area contributed by atoms with Gasteiger partial charge >= 0.3 is 0 Å². The first-order chi connectivity index (χ1) is 15.5. The molecule has 5 heteroatoms.